The third-order valence-electron chi connectivity index (χ3n) is 13.3. The maximum atomic E-state index is 14.0. The first-order valence-electron chi connectivity index (χ1n) is 22.8. The summed E-state index contributed by atoms with van der Waals surface area (Å²) in [4.78, 5) is 14.0. The Labute approximate surface area is 374 Å². The fraction of sp³-hybridized carbons (Fsp3) is 0.400. The van der Waals surface area contributed by atoms with Crippen LogP contribution in [0.15, 0.2) is 164 Å². The Kier molecular flexibility index (Phi) is 15.5. The predicted octanol–water partition coefficient (Wildman–Crippen LogP) is 10.3. The highest BCUT2D eigenvalue weighted by Crippen LogP contribution is 2.43. The van der Waals surface area contributed by atoms with Crippen molar-refractivity contribution in [3.8, 4) is 0 Å². The Morgan fingerprint density at radius 3 is 1.48 bits per heavy atom. The summed E-state index contributed by atoms with van der Waals surface area (Å²) in [6.45, 7) is 18.3. The molecule has 0 amide bonds. The number of rotatable bonds is 17. The van der Waals surface area contributed by atoms with Crippen LogP contribution in [0.3, 0.4) is 0 Å². The monoisotopic (exact) mass is 866 g/mol. The molecule has 5 aromatic carbocycles. The first-order valence-corrected chi connectivity index (χ1v) is 26.6. The van der Waals surface area contributed by atoms with Crippen molar-refractivity contribution in [2.75, 3.05) is 6.61 Å². The van der Waals surface area contributed by atoms with E-state index in [2.05, 4.69) is 183 Å². The number of hydrogen-bond acceptors (Lipinski definition) is 5. The molecule has 5 nitrogen and oxygen atoms in total. The summed E-state index contributed by atoms with van der Waals surface area (Å²) in [5, 5.41) is 16.1. The van der Waals surface area contributed by atoms with E-state index in [9.17, 15) is 9.90 Å². The quantitative estimate of drug-likeness (QED) is 0.0573. The number of carbonyl (C=O) groups excluding carboxylic acids is 1. The first kappa shape index (κ1) is 47.1. The second kappa shape index (κ2) is 20.4. The van der Waals surface area contributed by atoms with Crippen molar-refractivity contribution >= 4 is 43.4 Å². The van der Waals surface area contributed by atoms with Gasteiger partial charge in [-0.05, 0) is 80.0 Å². The third kappa shape index (κ3) is 10.5. The van der Waals surface area contributed by atoms with Gasteiger partial charge in [-0.1, -0.05) is 213 Å². The molecule has 4 atom stereocenters. The van der Waals surface area contributed by atoms with Gasteiger partial charge in [0.05, 0.1) is 18.8 Å². The number of aliphatic hydroxyl groups excluding tert-OH is 1. The number of ether oxygens (including phenoxy) is 1. The number of esters is 1. The van der Waals surface area contributed by atoms with E-state index in [0.717, 1.165) is 36.1 Å². The van der Waals surface area contributed by atoms with E-state index >= 15 is 0 Å². The van der Waals surface area contributed by atoms with Crippen LogP contribution in [-0.4, -0.2) is 52.6 Å². The zero-order valence-electron chi connectivity index (χ0n) is 38.4. The van der Waals surface area contributed by atoms with Gasteiger partial charge in [0.2, 0.25) is 0 Å². The second-order valence-corrected chi connectivity index (χ2v) is 28.4. The molecule has 0 saturated heterocycles. The van der Waals surface area contributed by atoms with E-state index in [4.69, 9.17) is 13.6 Å². The van der Waals surface area contributed by atoms with E-state index < -0.39 is 28.8 Å². The van der Waals surface area contributed by atoms with Crippen molar-refractivity contribution in [1.29, 1.82) is 0 Å². The zero-order chi connectivity index (χ0) is 44.4. The van der Waals surface area contributed by atoms with Crippen molar-refractivity contribution in [2.24, 2.45) is 5.92 Å². The molecule has 1 aliphatic carbocycles. The minimum absolute atomic E-state index is 0.155. The third-order valence-corrected chi connectivity index (χ3v) is 23.4. The zero-order valence-corrected chi connectivity index (χ0v) is 40.4. The molecule has 0 bridgehead atoms. The summed E-state index contributed by atoms with van der Waals surface area (Å²) in [6, 6.07) is 52.9. The van der Waals surface area contributed by atoms with Gasteiger partial charge in [0.15, 0.2) is 0 Å². The summed E-state index contributed by atoms with van der Waals surface area (Å²) in [6.07, 6.45) is 6.95. The molecule has 1 N–H and O–H groups in total. The van der Waals surface area contributed by atoms with E-state index in [1.807, 2.05) is 30.3 Å². The van der Waals surface area contributed by atoms with Gasteiger partial charge in [-0.25, -0.2) is 4.79 Å². The van der Waals surface area contributed by atoms with Crippen LogP contribution in [0.1, 0.15) is 99.5 Å². The molecule has 0 aromatic heterocycles. The standard InChI is InChI=1S/C55H70O5Si2/c1-53(2,3)61(46-28-16-10-17-29-46,47-30-18-11-19-31-47)58-42-44(56)38-39-45(60-62(54(4,5)6,48-32-20-12-21-33-48)49-34-22-13-23-35-49)40-41-52(57)59-51-37-25-24-36-50(51)55(7,8)43-26-14-9-15-27-43/h9-23,26-35,40-41,44-45,50-51,56H,24-25,36-39,42H2,1-8H3/b41-40-/t44-,45-,50+,51+/m1/s1. The smallest absolute Gasteiger partial charge is 0.330 e. The van der Waals surface area contributed by atoms with Gasteiger partial charge >= 0.3 is 5.97 Å². The molecule has 0 aliphatic heterocycles. The molecule has 1 aliphatic rings. The van der Waals surface area contributed by atoms with E-state index in [1.165, 1.54) is 15.9 Å². The normalized spacial score (nSPS) is 17.7. The minimum Gasteiger partial charge on any atom is -0.459 e. The van der Waals surface area contributed by atoms with Gasteiger partial charge in [-0.2, -0.15) is 0 Å². The Morgan fingerprint density at radius 2 is 1.03 bits per heavy atom. The predicted molar refractivity (Wildman–Crippen MR) is 262 cm³/mol. The molecular weight excluding hydrogens is 797 g/mol. The lowest BCUT2D eigenvalue weighted by Crippen LogP contribution is -2.67. The first-order chi connectivity index (χ1) is 29.6. The van der Waals surface area contributed by atoms with E-state index in [0.29, 0.717) is 12.8 Å². The number of carbonyl (C=O) groups is 1. The molecule has 6 rings (SSSR count). The summed E-state index contributed by atoms with van der Waals surface area (Å²) < 4.78 is 21.2. The molecule has 1 saturated carbocycles. The van der Waals surface area contributed by atoms with Crippen LogP contribution >= 0.6 is 0 Å². The topological polar surface area (TPSA) is 65.0 Å². The van der Waals surface area contributed by atoms with Crippen LogP contribution in [0.5, 0.6) is 0 Å². The van der Waals surface area contributed by atoms with Crippen LogP contribution in [0.2, 0.25) is 10.1 Å². The molecule has 0 radical (unpaired) electrons. The summed E-state index contributed by atoms with van der Waals surface area (Å²) >= 11 is 0. The lowest BCUT2D eigenvalue weighted by molar-refractivity contribution is -0.149. The lowest BCUT2D eigenvalue weighted by Gasteiger charge is -2.45. The van der Waals surface area contributed by atoms with Crippen LogP contribution in [0.25, 0.3) is 0 Å². The SMILES string of the molecule is CC(C)(c1ccccc1)[C@H]1CCCC[C@@H]1OC(=O)/C=C\[C@@H](CC[C@@H](O)CO[Si](c1ccccc1)(c1ccccc1)C(C)(C)C)O[Si](c1ccccc1)(c1ccccc1)C(C)(C)C. The lowest BCUT2D eigenvalue weighted by atomic mass is 9.66. The number of benzene rings is 5. The van der Waals surface area contributed by atoms with Gasteiger partial charge < -0.3 is 18.7 Å². The molecule has 62 heavy (non-hydrogen) atoms. The highest BCUT2D eigenvalue weighted by molar-refractivity contribution is 7.00. The highest BCUT2D eigenvalue weighted by Gasteiger charge is 2.52. The van der Waals surface area contributed by atoms with Gasteiger partial charge in [0, 0.05) is 12.0 Å². The summed E-state index contributed by atoms with van der Waals surface area (Å²) in [5.41, 5.74) is 1.11. The van der Waals surface area contributed by atoms with Crippen LogP contribution in [0, 0.1) is 5.92 Å². The average molecular weight is 867 g/mol. The molecule has 0 heterocycles. The highest BCUT2D eigenvalue weighted by atomic mass is 28.4. The van der Waals surface area contributed by atoms with Crippen molar-refractivity contribution in [3.05, 3.63) is 169 Å². The summed E-state index contributed by atoms with van der Waals surface area (Å²) in [5.74, 6) is -0.150. The number of hydrogen-bond donors (Lipinski definition) is 1. The van der Waals surface area contributed by atoms with Crippen molar-refractivity contribution in [2.45, 2.75) is 128 Å². The molecule has 1 fully saturated rings. The summed E-state index contributed by atoms with van der Waals surface area (Å²) in [7, 11) is -5.92. The largest absolute Gasteiger partial charge is 0.459 e. The van der Waals surface area contributed by atoms with Crippen molar-refractivity contribution in [3.63, 3.8) is 0 Å². The molecule has 328 valence electrons. The number of aliphatic hydroxyl groups is 1. The van der Waals surface area contributed by atoms with E-state index in [1.54, 1.807) is 6.08 Å². The molecular formula is C55H70O5Si2. The molecule has 0 spiro atoms. The fourth-order valence-corrected chi connectivity index (χ4v) is 19.3. The van der Waals surface area contributed by atoms with Crippen LogP contribution in [0.4, 0.5) is 0 Å². The van der Waals surface area contributed by atoms with Gasteiger partial charge in [-0.3, -0.25) is 0 Å². The maximum absolute atomic E-state index is 14.0. The average Bonchev–Trinajstić information content (AvgIpc) is 3.27. The Hall–Kier alpha value is -4.38. The van der Waals surface area contributed by atoms with Gasteiger partial charge in [0.25, 0.3) is 16.6 Å². The molecule has 0 unspecified atom stereocenters. The Bertz CT molecular complexity index is 2070. The van der Waals surface area contributed by atoms with Crippen molar-refractivity contribution < 1.29 is 23.5 Å². The Morgan fingerprint density at radius 1 is 0.613 bits per heavy atom. The minimum atomic E-state index is -3.04. The van der Waals surface area contributed by atoms with Gasteiger partial charge in [0.1, 0.15) is 6.10 Å². The van der Waals surface area contributed by atoms with Crippen molar-refractivity contribution in [1.82, 2.24) is 0 Å². The molecule has 5 aromatic rings. The Balaban J connectivity index is 1.30. The maximum Gasteiger partial charge on any atom is 0.330 e. The molecule has 7 heteroatoms. The fourth-order valence-electron chi connectivity index (χ4n) is 10.1. The van der Waals surface area contributed by atoms with Crippen LogP contribution < -0.4 is 20.7 Å². The van der Waals surface area contributed by atoms with Gasteiger partial charge in [-0.15, -0.1) is 0 Å². The second-order valence-electron chi connectivity index (χ2n) is 19.8. The van der Waals surface area contributed by atoms with Crippen LogP contribution in [-0.2, 0) is 23.8 Å². The van der Waals surface area contributed by atoms with E-state index in [-0.39, 0.29) is 40.1 Å².